The lowest BCUT2D eigenvalue weighted by Crippen LogP contribution is -2.37. The minimum atomic E-state index is -4.33. The molecule has 162 valence electrons. The summed E-state index contributed by atoms with van der Waals surface area (Å²) in [6.45, 7) is 0.0330. The van der Waals surface area contributed by atoms with Crippen LogP contribution in [0.2, 0.25) is 0 Å². The van der Waals surface area contributed by atoms with Crippen LogP contribution in [-0.2, 0) is 14.8 Å². The molecule has 2 N–H and O–H groups in total. The monoisotopic (exact) mass is 453 g/mol. The fourth-order valence-corrected chi connectivity index (χ4v) is 5.36. The number of carboxylic acid groups (broad SMARTS) is 1. The van der Waals surface area contributed by atoms with Gasteiger partial charge in [0.05, 0.1) is 10.5 Å². The third kappa shape index (κ3) is 3.00. The van der Waals surface area contributed by atoms with Crippen LogP contribution in [0.5, 0.6) is 17.2 Å². The molecule has 0 bridgehead atoms. The molecule has 0 atom stereocenters. The number of ether oxygens (including phenoxy) is 3. The fourth-order valence-electron chi connectivity index (χ4n) is 3.70. The SMILES string of the molecule is O=C(O)OC1=C(c2ccc3c(c2)OCO3)c2ccccc2S(=O)(=O)N1c1ccccc1O. The van der Waals surface area contributed by atoms with Crippen molar-refractivity contribution in [2.75, 3.05) is 11.1 Å². The number of nitrogens with zero attached hydrogens (tertiary/aromatic N) is 1. The molecule has 0 amide bonds. The Bertz CT molecular complexity index is 1400. The molecule has 10 heteroatoms. The Morgan fingerprint density at radius 1 is 0.969 bits per heavy atom. The summed E-state index contributed by atoms with van der Waals surface area (Å²) in [7, 11) is -4.33. The smallest absolute Gasteiger partial charge is 0.506 e. The van der Waals surface area contributed by atoms with Crippen molar-refractivity contribution in [3.8, 4) is 17.2 Å². The first-order chi connectivity index (χ1) is 15.4. The molecule has 0 unspecified atom stereocenters. The molecule has 2 aliphatic heterocycles. The second kappa shape index (κ2) is 7.20. The van der Waals surface area contributed by atoms with Crippen LogP contribution in [0.4, 0.5) is 10.5 Å². The quantitative estimate of drug-likeness (QED) is 0.575. The van der Waals surface area contributed by atoms with E-state index in [-0.39, 0.29) is 34.3 Å². The van der Waals surface area contributed by atoms with Gasteiger partial charge >= 0.3 is 6.16 Å². The topological polar surface area (TPSA) is 123 Å². The van der Waals surface area contributed by atoms with E-state index in [4.69, 9.17) is 14.2 Å². The summed E-state index contributed by atoms with van der Waals surface area (Å²) < 4.78 is 43.7. The summed E-state index contributed by atoms with van der Waals surface area (Å²) >= 11 is 0. The van der Waals surface area contributed by atoms with Crippen LogP contribution in [0.1, 0.15) is 11.1 Å². The van der Waals surface area contributed by atoms with Crippen molar-refractivity contribution in [1.82, 2.24) is 0 Å². The van der Waals surface area contributed by atoms with Gasteiger partial charge in [-0.1, -0.05) is 36.4 Å². The number of anilines is 1. The zero-order valence-corrected chi connectivity index (χ0v) is 17.1. The predicted molar refractivity (Wildman–Crippen MR) is 112 cm³/mol. The van der Waals surface area contributed by atoms with Gasteiger partial charge in [-0.3, -0.25) is 0 Å². The van der Waals surface area contributed by atoms with Gasteiger partial charge in [-0.2, -0.15) is 4.31 Å². The van der Waals surface area contributed by atoms with E-state index >= 15 is 0 Å². The lowest BCUT2D eigenvalue weighted by Gasteiger charge is -2.33. The summed E-state index contributed by atoms with van der Waals surface area (Å²) in [4.78, 5) is 11.6. The Hall–Kier alpha value is -4.18. The Morgan fingerprint density at radius 2 is 1.69 bits per heavy atom. The molecule has 0 saturated heterocycles. The highest BCUT2D eigenvalue weighted by molar-refractivity contribution is 7.93. The first kappa shape index (κ1) is 19.8. The minimum absolute atomic E-state index is 0.0330. The van der Waals surface area contributed by atoms with E-state index in [2.05, 4.69) is 0 Å². The summed E-state index contributed by atoms with van der Waals surface area (Å²) in [6, 6.07) is 16.7. The number of benzene rings is 3. The highest BCUT2D eigenvalue weighted by Gasteiger charge is 2.41. The van der Waals surface area contributed by atoms with Crippen molar-refractivity contribution in [2.45, 2.75) is 4.90 Å². The van der Waals surface area contributed by atoms with Gasteiger partial charge in [-0.15, -0.1) is 0 Å². The number of sulfonamides is 1. The molecule has 0 radical (unpaired) electrons. The third-order valence-corrected chi connectivity index (χ3v) is 6.77. The maximum atomic E-state index is 13.6. The summed E-state index contributed by atoms with van der Waals surface area (Å²) in [5, 5.41) is 19.9. The van der Waals surface area contributed by atoms with Gasteiger partial charge in [0.25, 0.3) is 10.0 Å². The standard InChI is InChI=1S/C22H15NO8S/c24-16-7-3-2-6-15(16)23-21(31-22(25)26)20(13-9-10-17-18(11-13)30-12-29-17)14-5-1-4-8-19(14)32(23,27)28/h1-11,24H,12H2,(H,25,26). The molecule has 0 spiro atoms. The number of carbonyl (C=O) groups is 1. The maximum Gasteiger partial charge on any atom is 0.512 e. The minimum Gasteiger partial charge on any atom is -0.506 e. The number of aromatic hydroxyl groups is 1. The first-order valence-corrected chi connectivity index (χ1v) is 10.8. The number of phenolic OH excluding ortho intramolecular Hbond substituents is 1. The van der Waals surface area contributed by atoms with Crippen molar-refractivity contribution < 1.29 is 37.6 Å². The summed E-state index contributed by atoms with van der Waals surface area (Å²) in [5.41, 5.74) is 0.721. The average Bonchev–Trinajstić information content (AvgIpc) is 3.23. The Kier molecular flexibility index (Phi) is 4.45. The Morgan fingerprint density at radius 3 is 2.47 bits per heavy atom. The molecule has 0 saturated carbocycles. The van der Waals surface area contributed by atoms with Crippen LogP contribution in [0.15, 0.2) is 77.5 Å². The van der Waals surface area contributed by atoms with Crippen molar-refractivity contribution in [2.24, 2.45) is 0 Å². The fraction of sp³-hybridized carbons (Fsp3) is 0.0455. The van der Waals surface area contributed by atoms with Gasteiger partial charge in [0.2, 0.25) is 12.7 Å². The number of hydrogen-bond donors (Lipinski definition) is 2. The van der Waals surface area contributed by atoms with Gasteiger partial charge in [0, 0.05) is 5.56 Å². The molecule has 3 aromatic carbocycles. The number of fused-ring (bicyclic) bond motifs is 2. The van der Waals surface area contributed by atoms with Crippen LogP contribution in [0, 0.1) is 0 Å². The van der Waals surface area contributed by atoms with Crippen molar-refractivity contribution in [1.29, 1.82) is 0 Å². The van der Waals surface area contributed by atoms with Crippen molar-refractivity contribution in [3.05, 3.63) is 83.7 Å². The second-order valence-corrected chi connectivity index (χ2v) is 8.63. The van der Waals surface area contributed by atoms with E-state index in [0.717, 1.165) is 0 Å². The average molecular weight is 453 g/mol. The zero-order valence-electron chi connectivity index (χ0n) is 16.3. The summed E-state index contributed by atoms with van der Waals surface area (Å²) in [6.07, 6.45) is -1.71. The zero-order chi connectivity index (χ0) is 22.5. The van der Waals surface area contributed by atoms with Crippen LogP contribution in [0.3, 0.4) is 0 Å². The predicted octanol–water partition coefficient (Wildman–Crippen LogP) is 3.74. The van der Waals surface area contributed by atoms with E-state index < -0.39 is 22.1 Å². The molecule has 0 aliphatic carbocycles. The van der Waals surface area contributed by atoms with Gasteiger partial charge in [0.15, 0.2) is 11.5 Å². The molecule has 0 fully saturated rings. The van der Waals surface area contributed by atoms with E-state index in [1.54, 1.807) is 36.4 Å². The van der Waals surface area contributed by atoms with Gasteiger partial charge in [-0.25, -0.2) is 13.2 Å². The first-order valence-electron chi connectivity index (χ1n) is 9.36. The van der Waals surface area contributed by atoms with E-state index in [9.17, 15) is 23.4 Å². The summed E-state index contributed by atoms with van der Waals surface area (Å²) in [5.74, 6) is 0.0672. The van der Waals surface area contributed by atoms with Crippen LogP contribution in [0.25, 0.3) is 5.57 Å². The molecule has 32 heavy (non-hydrogen) atoms. The molecule has 5 rings (SSSR count). The second-order valence-electron chi connectivity index (χ2n) is 6.87. The van der Waals surface area contributed by atoms with Crippen molar-refractivity contribution in [3.63, 3.8) is 0 Å². The van der Waals surface area contributed by atoms with Crippen molar-refractivity contribution >= 4 is 27.4 Å². The maximum absolute atomic E-state index is 13.6. The Labute approximate surface area is 182 Å². The molecular weight excluding hydrogens is 438 g/mol. The van der Waals surface area contributed by atoms with Crippen LogP contribution < -0.4 is 13.8 Å². The molecule has 3 aromatic rings. The number of hydrogen-bond acceptors (Lipinski definition) is 7. The largest absolute Gasteiger partial charge is 0.512 e. The molecule has 0 aromatic heterocycles. The normalized spacial score (nSPS) is 15.9. The van der Waals surface area contributed by atoms with Crippen LogP contribution >= 0.6 is 0 Å². The lowest BCUT2D eigenvalue weighted by atomic mass is 9.97. The van der Waals surface area contributed by atoms with E-state index in [1.165, 1.54) is 30.3 Å². The highest BCUT2D eigenvalue weighted by atomic mass is 32.2. The molecule has 2 aliphatic rings. The lowest BCUT2D eigenvalue weighted by molar-refractivity contribution is 0.118. The van der Waals surface area contributed by atoms with Crippen LogP contribution in [-0.4, -0.2) is 31.6 Å². The van der Waals surface area contributed by atoms with E-state index in [0.29, 0.717) is 21.4 Å². The number of para-hydroxylation sites is 2. The highest BCUT2D eigenvalue weighted by Crippen LogP contribution is 2.46. The van der Waals surface area contributed by atoms with Gasteiger partial charge in [0.1, 0.15) is 11.4 Å². The number of phenols is 1. The molecule has 2 heterocycles. The van der Waals surface area contributed by atoms with E-state index in [1.807, 2.05) is 0 Å². The molecular formula is C22H15NO8S. The van der Waals surface area contributed by atoms with Gasteiger partial charge < -0.3 is 24.4 Å². The number of rotatable bonds is 3. The van der Waals surface area contributed by atoms with Gasteiger partial charge in [-0.05, 0) is 35.9 Å². The Balaban J connectivity index is 1.88. The third-order valence-electron chi connectivity index (χ3n) is 5.02. The molecule has 9 nitrogen and oxygen atoms in total.